The van der Waals surface area contributed by atoms with Crippen molar-refractivity contribution in [2.45, 2.75) is 12.7 Å². The Kier molecular flexibility index (Phi) is 5.69. The fourth-order valence-electron chi connectivity index (χ4n) is 2.65. The summed E-state index contributed by atoms with van der Waals surface area (Å²) in [5, 5.41) is 1.87. The predicted molar refractivity (Wildman–Crippen MR) is 102 cm³/mol. The molecule has 0 unspecified atom stereocenters. The molecular formula is C19H15ClF3N3O3. The van der Waals surface area contributed by atoms with E-state index < -0.39 is 28.4 Å². The molecule has 0 aliphatic heterocycles. The number of carbonyl (C=O) groups is 1. The van der Waals surface area contributed by atoms with Crippen LogP contribution in [0.3, 0.4) is 0 Å². The zero-order valence-corrected chi connectivity index (χ0v) is 15.8. The summed E-state index contributed by atoms with van der Waals surface area (Å²) < 4.78 is 46.3. The number of benzene rings is 2. The van der Waals surface area contributed by atoms with E-state index in [1.54, 1.807) is 24.3 Å². The van der Waals surface area contributed by atoms with Gasteiger partial charge in [-0.15, -0.1) is 0 Å². The van der Waals surface area contributed by atoms with Crippen molar-refractivity contribution in [1.82, 2.24) is 9.13 Å². The van der Waals surface area contributed by atoms with Gasteiger partial charge in [-0.2, -0.15) is 13.2 Å². The smallest absolute Gasteiger partial charge is 0.417 e. The van der Waals surface area contributed by atoms with Gasteiger partial charge in [0, 0.05) is 18.1 Å². The summed E-state index contributed by atoms with van der Waals surface area (Å²) in [7, 11) is 1.52. The molecule has 10 heteroatoms. The number of methoxy groups -OCH3 is 1. The first kappa shape index (κ1) is 20.5. The first-order chi connectivity index (χ1) is 13.7. The first-order valence-corrected chi connectivity index (χ1v) is 8.65. The minimum absolute atomic E-state index is 0.0747. The van der Waals surface area contributed by atoms with Crippen molar-refractivity contribution in [3.63, 3.8) is 0 Å². The van der Waals surface area contributed by atoms with Crippen LogP contribution in [-0.2, 0) is 17.5 Å². The fraction of sp³-hybridized carbons (Fsp3) is 0.158. The Morgan fingerprint density at radius 1 is 1.14 bits per heavy atom. The van der Waals surface area contributed by atoms with Gasteiger partial charge in [-0.1, -0.05) is 11.6 Å². The van der Waals surface area contributed by atoms with E-state index in [2.05, 4.69) is 5.32 Å². The molecule has 0 aliphatic carbocycles. The van der Waals surface area contributed by atoms with Crippen LogP contribution < -0.4 is 15.7 Å². The second-order valence-corrected chi connectivity index (χ2v) is 6.42. The molecular weight excluding hydrogens is 411 g/mol. The number of halogens is 4. The third-order valence-electron chi connectivity index (χ3n) is 4.07. The number of nitrogens with zero attached hydrogens (tertiary/aromatic N) is 2. The quantitative estimate of drug-likeness (QED) is 0.673. The van der Waals surface area contributed by atoms with Crippen LogP contribution in [0.15, 0.2) is 59.7 Å². The highest BCUT2D eigenvalue weighted by Crippen LogP contribution is 2.36. The number of anilines is 1. The maximum atomic E-state index is 12.9. The minimum atomic E-state index is -4.65. The lowest BCUT2D eigenvalue weighted by molar-refractivity contribution is -0.137. The number of rotatable bonds is 5. The number of aromatic nitrogens is 2. The van der Waals surface area contributed by atoms with Gasteiger partial charge in [0.1, 0.15) is 12.3 Å². The summed E-state index contributed by atoms with van der Waals surface area (Å²) in [5.41, 5.74) is -1.03. The van der Waals surface area contributed by atoms with Gasteiger partial charge in [0.2, 0.25) is 5.91 Å². The van der Waals surface area contributed by atoms with Gasteiger partial charge < -0.3 is 10.1 Å². The van der Waals surface area contributed by atoms with Crippen LogP contribution in [0, 0.1) is 0 Å². The third-order valence-corrected chi connectivity index (χ3v) is 4.40. The summed E-state index contributed by atoms with van der Waals surface area (Å²) in [5.74, 6) is -0.0307. The van der Waals surface area contributed by atoms with Gasteiger partial charge >= 0.3 is 11.9 Å². The molecule has 0 spiro atoms. The molecule has 0 radical (unpaired) electrons. The van der Waals surface area contributed by atoms with Crippen molar-refractivity contribution in [3.05, 3.63) is 75.9 Å². The number of alkyl halides is 3. The predicted octanol–water partition coefficient (Wildman–Crippen LogP) is 3.96. The standard InChI is InChI=1S/C19H15ClF3N3O3/c1-29-14-5-3-13(4-6-14)26-9-8-25(18(26)28)11-17(27)24-12-2-7-16(20)15(10-12)19(21,22)23/h2-10H,11H2,1H3,(H,24,27). The molecule has 1 aromatic heterocycles. The highest BCUT2D eigenvalue weighted by Gasteiger charge is 2.33. The Hall–Kier alpha value is -3.20. The van der Waals surface area contributed by atoms with Crippen LogP contribution in [0.5, 0.6) is 5.75 Å². The molecule has 0 atom stereocenters. The van der Waals surface area contributed by atoms with E-state index in [0.29, 0.717) is 11.4 Å². The summed E-state index contributed by atoms with van der Waals surface area (Å²) >= 11 is 5.56. The number of amides is 1. The third kappa shape index (κ3) is 4.62. The van der Waals surface area contributed by atoms with Crippen molar-refractivity contribution in [2.24, 2.45) is 0 Å². The number of hydrogen-bond donors (Lipinski definition) is 1. The molecule has 152 valence electrons. The average molecular weight is 426 g/mol. The van der Waals surface area contributed by atoms with E-state index in [1.165, 1.54) is 30.1 Å². The van der Waals surface area contributed by atoms with Crippen molar-refractivity contribution in [1.29, 1.82) is 0 Å². The SMILES string of the molecule is COc1ccc(-n2ccn(CC(=O)Nc3ccc(Cl)c(C(F)(F)F)c3)c2=O)cc1. The van der Waals surface area contributed by atoms with Gasteiger partial charge in [-0.05, 0) is 42.5 Å². The molecule has 6 nitrogen and oxygen atoms in total. The monoisotopic (exact) mass is 425 g/mol. The summed E-state index contributed by atoms with van der Waals surface area (Å²) in [6.45, 7) is -0.369. The van der Waals surface area contributed by atoms with Crippen LogP contribution in [0.4, 0.5) is 18.9 Å². The van der Waals surface area contributed by atoms with Crippen LogP contribution in [-0.4, -0.2) is 22.2 Å². The van der Waals surface area contributed by atoms with E-state index in [4.69, 9.17) is 16.3 Å². The van der Waals surface area contributed by atoms with Crippen molar-refractivity contribution in [3.8, 4) is 11.4 Å². The van der Waals surface area contributed by atoms with Gasteiger partial charge in [0.05, 0.1) is 23.4 Å². The maximum Gasteiger partial charge on any atom is 0.417 e. The lowest BCUT2D eigenvalue weighted by atomic mass is 10.2. The molecule has 3 aromatic rings. The van der Waals surface area contributed by atoms with Crippen LogP contribution in [0.2, 0.25) is 5.02 Å². The van der Waals surface area contributed by atoms with Gasteiger partial charge in [0.25, 0.3) is 0 Å². The van der Waals surface area contributed by atoms with E-state index >= 15 is 0 Å². The second-order valence-electron chi connectivity index (χ2n) is 6.02. The Morgan fingerprint density at radius 2 is 1.83 bits per heavy atom. The van der Waals surface area contributed by atoms with E-state index in [1.807, 2.05) is 0 Å². The van der Waals surface area contributed by atoms with Crippen molar-refractivity contribution >= 4 is 23.2 Å². The summed E-state index contributed by atoms with van der Waals surface area (Å²) in [4.78, 5) is 24.7. The van der Waals surface area contributed by atoms with E-state index in [-0.39, 0.29) is 12.2 Å². The molecule has 1 N–H and O–H groups in total. The molecule has 0 aliphatic rings. The Labute approximate surface area is 168 Å². The molecule has 3 rings (SSSR count). The fourth-order valence-corrected chi connectivity index (χ4v) is 2.87. The van der Waals surface area contributed by atoms with Gasteiger partial charge in [-0.3, -0.25) is 13.9 Å². The average Bonchev–Trinajstić information content (AvgIpc) is 3.03. The molecule has 1 amide bonds. The molecule has 0 saturated heterocycles. The maximum absolute atomic E-state index is 12.9. The summed E-state index contributed by atoms with van der Waals surface area (Å²) in [6, 6.07) is 9.77. The number of hydrogen-bond acceptors (Lipinski definition) is 3. The highest BCUT2D eigenvalue weighted by atomic mass is 35.5. The first-order valence-electron chi connectivity index (χ1n) is 8.28. The Bertz CT molecular complexity index is 1090. The van der Waals surface area contributed by atoms with Crippen LogP contribution in [0.25, 0.3) is 5.69 Å². The van der Waals surface area contributed by atoms with Crippen molar-refractivity contribution < 1.29 is 22.7 Å². The highest BCUT2D eigenvalue weighted by molar-refractivity contribution is 6.31. The molecule has 0 fully saturated rings. The zero-order valence-electron chi connectivity index (χ0n) is 15.0. The molecule has 29 heavy (non-hydrogen) atoms. The molecule has 2 aromatic carbocycles. The lowest BCUT2D eigenvalue weighted by Gasteiger charge is -2.12. The number of nitrogens with one attached hydrogen (secondary N) is 1. The van der Waals surface area contributed by atoms with E-state index in [9.17, 15) is 22.8 Å². The number of carbonyl (C=O) groups excluding carboxylic acids is 1. The summed E-state index contributed by atoms with van der Waals surface area (Å²) in [6.07, 6.45) is -1.75. The Balaban J connectivity index is 1.75. The normalized spacial score (nSPS) is 11.3. The minimum Gasteiger partial charge on any atom is -0.497 e. The largest absolute Gasteiger partial charge is 0.497 e. The Morgan fingerprint density at radius 3 is 2.45 bits per heavy atom. The van der Waals surface area contributed by atoms with Gasteiger partial charge in [0.15, 0.2) is 0 Å². The topological polar surface area (TPSA) is 65.3 Å². The molecule has 0 saturated carbocycles. The lowest BCUT2D eigenvalue weighted by Crippen LogP contribution is -2.28. The molecule has 0 bridgehead atoms. The van der Waals surface area contributed by atoms with Crippen molar-refractivity contribution in [2.75, 3.05) is 12.4 Å². The van der Waals surface area contributed by atoms with E-state index in [0.717, 1.165) is 16.7 Å². The molecule has 1 heterocycles. The van der Waals surface area contributed by atoms with Crippen LogP contribution in [0.1, 0.15) is 5.56 Å². The zero-order chi connectivity index (χ0) is 21.2. The number of ether oxygens (including phenoxy) is 1. The van der Waals surface area contributed by atoms with Gasteiger partial charge in [-0.25, -0.2) is 4.79 Å². The number of imidazole rings is 1. The second kappa shape index (κ2) is 8.04. The van der Waals surface area contributed by atoms with Crippen LogP contribution >= 0.6 is 11.6 Å².